The van der Waals surface area contributed by atoms with E-state index < -0.39 is 5.79 Å². The lowest BCUT2D eigenvalue weighted by Crippen LogP contribution is -2.30. The number of hydrogen-bond acceptors (Lipinski definition) is 5. The van der Waals surface area contributed by atoms with Gasteiger partial charge in [-0.2, -0.15) is 0 Å². The number of ketones is 1. The van der Waals surface area contributed by atoms with Gasteiger partial charge in [0.1, 0.15) is 11.9 Å². The topological polar surface area (TPSA) is 54.0 Å². The van der Waals surface area contributed by atoms with E-state index in [1.807, 2.05) is 32.0 Å². The molecule has 25 heavy (non-hydrogen) atoms. The fourth-order valence-corrected chi connectivity index (χ4v) is 4.29. The average molecular weight is 346 g/mol. The number of benzene rings is 1. The molecule has 1 aromatic rings. The van der Waals surface area contributed by atoms with E-state index in [0.717, 1.165) is 12.0 Å². The molecule has 1 heterocycles. The highest BCUT2D eigenvalue weighted by molar-refractivity contribution is 5.85. The number of carbonyl (C=O) groups excluding carboxylic acids is 1. The van der Waals surface area contributed by atoms with Gasteiger partial charge in [0.2, 0.25) is 0 Å². The Balaban J connectivity index is 1.31. The lowest BCUT2D eigenvalue weighted by molar-refractivity contribution is -0.150. The molecule has 136 valence electrons. The molecule has 1 aliphatic heterocycles. The van der Waals surface area contributed by atoms with Crippen LogP contribution in [0.3, 0.4) is 0 Å². The summed E-state index contributed by atoms with van der Waals surface area (Å²) in [5.74, 6) is -0.0871. The van der Waals surface area contributed by atoms with E-state index in [1.54, 1.807) is 0 Å². The quantitative estimate of drug-likeness (QED) is 0.793. The van der Waals surface area contributed by atoms with E-state index in [2.05, 4.69) is 12.1 Å². The molecule has 0 amide bonds. The molecule has 1 aromatic carbocycles. The van der Waals surface area contributed by atoms with Crippen molar-refractivity contribution in [1.29, 1.82) is 0 Å². The molecular formula is C20H26O5. The Labute approximate surface area is 148 Å². The zero-order valence-corrected chi connectivity index (χ0v) is 14.9. The SMILES string of the molecule is CC1(C)OCC(COC2C3CC(=O)[C@@H]2CC3OCc2ccccc2)O1. The van der Waals surface area contributed by atoms with E-state index in [-0.39, 0.29) is 30.1 Å². The molecule has 4 unspecified atom stereocenters. The van der Waals surface area contributed by atoms with Crippen molar-refractivity contribution < 1.29 is 23.7 Å². The highest BCUT2D eigenvalue weighted by atomic mass is 16.7. The summed E-state index contributed by atoms with van der Waals surface area (Å²) in [5, 5.41) is 0. The number of hydrogen-bond donors (Lipinski definition) is 0. The Morgan fingerprint density at radius 1 is 1.20 bits per heavy atom. The van der Waals surface area contributed by atoms with Gasteiger partial charge in [-0.1, -0.05) is 30.3 Å². The molecule has 5 heteroatoms. The van der Waals surface area contributed by atoms with Gasteiger partial charge in [0.15, 0.2) is 5.79 Å². The van der Waals surface area contributed by atoms with Crippen LogP contribution in [0.2, 0.25) is 0 Å². The Morgan fingerprint density at radius 3 is 2.72 bits per heavy atom. The van der Waals surface area contributed by atoms with Crippen molar-refractivity contribution >= 4 is 5.78 Å². The van der Waals surface area contributed by atoms with Gasteiger partial charge in [-0.25, -0.2) is 0 Å². The summed E-state index contributed by atoms with van der Waals surface area (Å²) in [6, 6.07) is 10.1. The molecular weight excluding hydrogens is 320 g/mol. The van der Waals surface area contributed by atoms with Crippen molar-refractivity contribution in [2.75, 3.05) is 13.2 Å². The third-order valence-electron chi connectivity index (χ3n) is 5.48. The number of rotatable bonds is 6. The van der Waals surface area contributed by atoms with Crippen LogP contribution >= 0.6 is 0 Å². The molecule has 3 fully saturated rings. The summed E-state index contributed by atoms with van der Waals surface area (Å²) in [7, 11) is 0. The molecule has 0 aromatic heterocycles. The van der Waals surface area contributed by atoms with Crippen molar-refractivity contribution in [2.24, 2.45) is 11.8 Å². The van der Waals surface area contributed by atoms with Crippen LogP contribution in [0.5, 0.6) is 0 Å². The van der Waals surface area contributed by atoms with Crippen LogP contribution in [-0.4, -0.2) is 43.1 Å². The van der Waals surface area contributed by atoms with Gasteiger partial charge in [-0.15, -0.1) is 0 Å². The highest BCUT2D eigenvalue weighted by Gasteiger charge is 2.54. The third-order valence-corrected chi connectivity index (χ3v) is 5.48. The lowest BCUT2D eigenvalue weighted by Gasteiger charge is -2.23. The number of ether oxygens (including phenoxy) is 4. The zero-order valence-electron chi connectivity index (χ0n) is 14.9. The van der Waals surface area contributed by atoms with Gasteiger partial charge in [0.05, 0.1) is 32.0 Å². The number of fused-ring (bicyclic) bond motifs is 2. The smallest absolute Gasteiger partial charge is 0.163 e. The van der Waals surface area contributed by atoms with Crippen LogP contribution in [0.25, 0.3) is 0 Å². The molecule has 1 saturated heterocycles. The molecule has 0 radical (unpaired) electrons. The average Bonchev–Trinajstić information content (AvgIpc) is 3.21. The van der Waals surface area contributed by atoms with E-state index in [0.29, 0.717) is 32.0 Å². The summed E-state index contributed by atoms with van der Waals surface area (Å²) < 4.78 is 23.6. The van der Waals surface area contributed by atoms with Crippen molar-refractivity contribution in [3.63, 3.8) is 0 Å². The Bertz CT molecular complexity index is 614. The maximum absolute atomic E-state index is 12.2. The monoisotopic (exact) mass is 346 g/mol. The van der Waals surface area contributed by atoms with Crippen LogP contribution in [0.4, 0.5) is 0 Å². The zero-order chi connectivity index (χ0) is 17.4. The summed E-state index contributed by atoms with van der Waals surface area (Å²) in [6.07, 6.45) is 1.34. The first-order chi connectivity index (χ1) is 12.0. The van der Waals surface area contributed by atoms with Crippen molar-refractivity contribution in [3.8, 4) is 0 Å². The Hall–Kier alpha value is -1.27. The molecule has 0 spiro atoms. The molecule has 2 aliphatic carbocycles. The van der Waals surface area contributed by atoms with Gasteiger partial charge in [0.25, 0.3) is 0 Å². The molecule has 3 aliphatic rings. The predicted molar refractivity (Wildman–Crippen MR) is 90.9 cm³/mol. The van der Waals surface area contributed by atoms with Crippen molar-refractivity contribution in [2.45, 2.75) is 57.4 Å². The van der Waals surface area contributed by atoms with Gasteiger partial charge in [0, 0.05) is 18.3 Å². The maximum Gasteiger partial charge on any atom is 0.163 e. The van der Waals surface area contributed by atoms with E-state index in [4.69, 9.17) is 18.9 Å². The Kier molecular flexibility index (Phi) is 4.67. The van der Waals surface area contributed by atoms with Crippen LogP contribution in [0, 0.1) is 11.8 Å². The van der Waals surface area contributed by atoms with E-state index in [1.165, 1.54) is 0 Å². The first kappa shape index (κ1) is 17.2. The van der Waals surface area contributed by atoms with Gasteiger partial charge in [-0.3, -0.25) is 4.79 Å². The minimum absolute atomic E-state index is 0.0268. The first-order valence-electron chi connectivity index (χ1n) is 9.13. The third kappa shape index (κ3) is 3.65. The van der Waals surface area contributed by atoms with Gasteiger partial charge < -0.3 is 18.9 Å². The maximum atomic E-state index is 12.2. The van der Waals surface area contributed by atoms with Crippen LogP contribution in [0.15, 0.2) is 30.3 Å². The second-order valence-electron chi connectivity index (χ2n) is 7.76. The summed E-state index contributed by atoms with van der Waals surface area (Å²) in [6.45, 7) is 5.41. The lowest BCUT2D eigenvalue weighted by atomic mass is 9.96. The van der Waals surface area contributed by atoms with Gasteiger partial charge >= 0.3 is 0 Å². The van der Waals surface area contributed by atoms with Crippen molar-refractivity contribution in [1.82, 2.24) is 0 Å². The minimum Gasteiger partial charge on any atom is -0.374 e. The first-order valence-corrected chi connectivity index (χ1v) is 9.13. The highest BCUT2D eigenvalue weighted by Crippen LogP contribution is 2.46. The molecule has 5 nitrogen and oxygen atoms in total. The van der Waals surface area contributed by atoms with Gasteiger partial charge in [-0.05, 0) is 25.8 Å². The fourth-order valence-electron chi connectivity index (χ4n) is 4.29. The Morgan fingerprint density at radius 2 is 2.00 bits per heavy atom. The van der Waals surface area contributed by atoms with Crippen LogP contribution in [-0.2, 0) is 30.3 Å². The normalized spacial score (nSPS) is 36.2. The molecule has 5 atom stereocenters. The predicted octanol–water partition coefficient (Wildman–Crippen LogP) is 2.72. The minimum atomic E-state index is -0.542. The second kappa shape index (κ2) is 6.80. The number of carbonyl (C=O) groups is 1. The fraction of sp³-hybridized carbons (Fsp3) is 0.650. The molecule has 0 N–H and O–H groups in total. The molecule has 2 bridgehead atoms. The second-order valence-corrected chi connectivity index (χ2v) is 7.76. The largest absolute Gasteiger partial charge is 0.374 e. The summed E-state index contributed by atoms with van der Waals surface area (Å²) >= 11 is 0. The van der Waals surface area contributed by atoms with Crippen molar-refractivity contribution in [3.05, 3.63) is 35.9 Å². The summed E-state index contributed by atoms with van der Waals surface area (Å²) in [4.78, 5) is 12.2. The summed E-state index contributed by atoms with van der Waals surface area (Å²) in [5.41, 5.74) is 1.16. The molecule has 4 rings (SSSR count). The standard InChI is InChI=1S/C20H26O5/c1-20(2)24-12-14(25-20)11-23-19-15-9-18(16(19)8-17(15)21)22-10-13-6-4-3-5-7-13/h3-7,14-16,18-19H,8-12H2,1-2H3/t14?,15-,16?,18?,19?/m0/s1. The number of Topliss-reactive ketones (excluding diaryl/α,β-unsaturated/α-hetero) is 1. The van der Waals surface area contributed by atoms with Crippen LogP contribution in [0.1, 0.15) is 32.3 Å². The van der Waals surface area contributed by atoms with E-state index >= 15 is 0 Å². The van der Waals surface area contributed by atoms with E-state index in [9.17, 15) is 4.79 Å². The molecule has 2 saturated carbocycles. The van der Waals surface area contributed by atoms with Crippen LogP contribution < -0.4 is 0 Å².